The van der Waals surface area contributed by atoms with Crippen molar-refractivity contribution in [3.8, 4) is 0 Å². The lowest BCUT2D eigenvalue weighted by Gasteiger charge is -2.24. The van der Waals surface area contributed by atoms with Crippen LogP contribution in [0.3, 0.4) is 0 Å². The molecule has 3 atom stereocenters. The summed E-state index contributed by atoms with van der Waals surface area (Å²) in [4.78, 5) is 25.4. The Morgan fingerprint density at radius 3 is 2.62 bits per heavy atom. The molecule has 3 unspecified atom stereocenters. The number of likely N-dealkylation sites (tertiary alicyclic amines) is 1. The van der Waals surface area contributed by atoms with Crippen molar-refractivity contribution >= 4 is 17.7 Å². The molecule has 1 aliphatic carbocycles. The number of rotatable bonds is 2. The Labute approximate surface area is 123 Å². The molecule has 0 bridgehead atoms. The van der Waals surface area contributed by atoms with E-state index >= 15 is 0 Å². The molecule has 2 aliphatic rings. The zero-order valence-corrected chi connectivity index (χ0v) is 12.1. The molecule has 1 heterocycles. The van der Waals surface area contributed by atoms with Gasteiger partial charge in [-0.15, -0.1) is 0 Å². The van der Waals surface area contributed by atoms with Crippen molar-refractivity contribution in [3.05, 3.63) is 29.8 Å². The summed E-state index contributed by atoms with van der Waals surface area (Å²) in [7, 11) is 0. The smallest absolute Gasteiger partial charge is 0.326 e. The number of urea groups is 1. The van der Waals surface area contributed by atoms with E-state index in [4.69, 9.17) is 0 Å². The van der Waals surface area contributed by atoms with Gasteiger partial charge in [0.2, 0.25) is 0 Å². The summed E-state index contributed by atoms with van der Waals surface area (Å²) in [6.07, 6.45) is 3.02. The minimum atomic E-state index is -0.886. The minimum absolute atomic E-state index is 0.117. The fraction of sp³-hybridized carbons (Fsp3) is 0.500. The number of amides is 2. The summed E-state index contributed by atoms with van der Waals surface area (Å²) >= 11 is 0. The topological polar surface area (TPSA) is 69.6 Å². The molecule has 112 valence electrons. The average Bonchev–Trinajstić information content (AvgIpc) is 3.00. The van der Waals surface area contributed by atoms with Crippen LogP contribution in [0.5, 0.6) is 0 Å². The van der Waals surface area contributed by atoms with Crippen LogP contribution in [0.4, 0.5) is 10.5 Å². The molecule has 5 heteroatoms. The van der Waals surface area contributed by atoms with Gasteiger partial charge >= 0.3 is 12.0 Å². The lowest BCUT2D eigenvalue weighted by Crippen LogP contribution is -2.45. The largest absolute Gasteiger partial charge is 0.480 e. The van der Waals surface area contributed by atoms with Gasteiger partial charge in [-0.1, -0.05) is 24.1 Å². The van der Waals surface area contributed by atoms with E-state index in [1.807, 2.05) is 31.2 Å². The molecule has 2 fully saturated rings. The van der Waals surface area contributed by atoms with Gasteiger partial charge in [0.15, 0.2) is 0 Å². The second-order valence-corrected chi connectivity index (χ2v) is 6.09. The molecule has 0 spiro atoms. The first-order chi connectivity index (χ1) is 10.1. The Kier molecular flexibility index (Phi) is 3.57. The normalized spacial score (nSPS) is 27.5. The van der Waals surface area contributed by atoms with Gasteiger partial charge in [0.25, 0.3) is 0 Å². The van der Waals surface area contributed by atoms with Crippen LogP contribution in [0.15, 0.2) is 24.3 Å². The van der Waals surface area contributed by atoms with Crippen LogP contribution in [-0.2, 0) is 4.79 Å². The fourth-order valence-corrected chi connectivity index (χ4v) is 3.66. The van der Waals surface area contributed by atoms with Gasteiger partial charge < -0.3 is 15.3 Å². The van der Waals surface area contributed by atoms with Crippen LogP contribution >= 0.6 is 0 Å². The van der Waals surface area contributed by atoms with Crippen LogP contribution < -0.4 is 5.32 Å². The molecule has 1 saturated carbocycles. The first-order valence-electron chi connectivity index (χ1n) is 7.43. The van der Waals surface area contributed by atoms with Crippen molar-refractivity contribution in [3.63, 3.8) is 0 Å². The van der Waals surface area contributed by atoms with E-state index < -0.39 is 12.0 Å². The van der Waals surface area contributed by atoms with Gasteiger partial charge in [-0.05, 0) is 43.7 Å². The number of carbonyl (C=O) groups excluding carboxylic acids is 1. The quantitative estimate of drug-likeness (QED) is 0.879. The highest BCUT2D eigenvalue weighted by atomic mass is 16.4. The molecule has 2 amide bonds. The minimum Gasteiger partial charge on any atom is -0.480 e. The summed E-state index contributed by atoms with van der Waals surface area (Å²) in [6, 6.07) is 6.52. The zero-order chi connectivity index (χ0) is 15.0. The second kappa shape index (κ2) is 5.39. The second-order valence-electron chi connectivity index (χ2n) is 6.09. The van der Waals surface area contributed by atoms with Gasteiger partial charge in [0.1, 0.15) is 6.04 Å². The van der Waals surface area contributed by atoms with E-state index in [1.165, 1.54) is 4.90 Å². The number of nitrogens with one attached hydrogen (secondary N) is 1. The highest BCUT2D eigenvalue weighted by Crippen LogP contribution is 2.42. The van der Waals surface area contributed by atoms with Gasteiger partial charge in [0.05, 0.1) is 0 Å². The van der Waals surface area contributed by atoms with Crippen LogP contribution in [0.1, 0.15) is 24.8 Å². The number of fused-ring (bicyclic) bond motifs is 1. The summed E-state index contributed by atoms with van der Waals surface area (Å²) in [5.74, 6) is -0.426. The number of carbonyl (C=O) groups is 2. The Morgan fingerprint density at radius 1 is 1.24 bits per heavy atom. The van der Waals surface area contributed by atoms with Crippen molar-refractivity contribution in [1.82, 2.24) is 4.90 Å². The maximum absolute atomic E-state index is 12.4. The Balaban J connectivity index is 1.74. The highest BCUT2D eigenvalue weighted by molar-refractivity contribution is 5.93. The monoisotopic (exact) mass is 288 g/mol. The van der Waals surface area contributed by atoms with Gasteiger partial charge in [-0.2, -0.15) is 0 Å². The summed E-state index contributed by atoms with van der Waals surface area (Å²) in [6.45, 7) is 2.53. The third kappa shape index (κ3) is 2.60. The molecule has 0 aromatic heterocycles. The molecule has 1 saturated heterocycles. The molecule has 1 aromatic rings. The van der Waals surface area contributed by atoms with Crippen LogP contribution in [0, 0.1) is 18.8 Å². The first-order valence-corrected chi connectivity index (χ1v) is 7.43. The van der Waals surface area contributed by atoms with Gasteiger partial charge in [-0.3, -0.25) is 0 Å². The van der Waals surface area contributed by atoms with Crippen LogP contribution in [-0.4, -0.2) is 34.6 Å². The number of aliphatic carboxylic acids is 1. The van der Waals surface area contributed by atoms with Crippen molar-refractivity contribution in [2.24, 2.45) is 11.8 Å². The zero-order valence-electron chi connectivity index (χ0n) is 12.1. The number of anilines is 1. The maximum atomic E-state index is 12.4. The predicted octanol–water partition coefficient (Wildman–Crippen LogP) is 2.71. The van der Waals surface area contributed by atoms with E-state index in [0.29, 0.717) is 18.2 Å². The highest BCUT2D eigenvalue weighted by Gasteiger charge is 2.49. The Hall–Kier alpha value is -2.04. The van der Waals surface area contributed by atoms with Crippen molar-refractivity contribution in [2.75, 3.05) is 11.9 Å². The van der Waals surface area contributed by atoms with Crippen molar-refractivity contribution in [1.29, 1.82) is 0 Å². The molecule has 2 N–H and O–H groups in total. The standard InChI is InChI=1S/C16H20N2O3/c1-10-5-7-12(8-6-10)17-16(21)18-9-11-3-2-4-13(11)14(18)15(19)20/h5-8,11,13-14H,2-4,9H2,1H3,(H,17,21)(H,19,20). The summed E-state index contributed by atoms with van der Waals surface area (Å²) < 4.78 is 0. The fourth-order valence-electron chi connectivity index (χ4n) is 3.66. The SMILES string of the molecule is Cc1ccc(NC(=O)N2CC3CCCC3C2C(=O)O)cc1. The van der Waals surface area contributed by atoms with E-state index in [0.717, 1.165) is 24.8 Å². The molecule has 1 aliphatic heterocycles. The van der Waals surface area contributed by atoms with Crippen LogP contribution in [0.2, 0.25) is 0 Å². The summed E-state index contributed by atoms with van der Waals surface area (Å²) in [5, 5.41) is 12.3. The molecule has 3 rings (SSSR count). The number of benzene rings is 1. The lowest BCUT2D eigenvalue weighted by molar-refractivity contribution is -0.142. The van der Waals surface area contributed by atoms with Crippen molar-refractivity contribution < 1.29 is 14.7 Å². The third-order valence-electron chi connectivity index (χ3n) is 4.71. The molecular weight excluding hydrogens is 268 g/mol. The van der Waals surface area contributed by atoms with E-state index in [2.05, 4.69) is 5.32 Å². The molecule has 0 radical (unpaired) electrons. The van der Waals surface area contributed by atoms with Gasteiger partial charge in [0, 0.05) is 12.2 Å². The van der Waals surface area contributed by atoms with Crippen LogP contribution in [0.25, 0.3) is 0 Å². The number of carboxylic acids is 1. The molecule has 5 nitrogen and oxygen atoms in total. The Bertz CT molecular complexity index is 555. The number of nitrogens with zero attached hydrogens (tertiary/aromatic N) is 1. The average molecular weight is 288 g/mol. The molecule has 21 heavy (non-hydrogen) atoms. The Morgan fingerprint density at radius 2 is 1.95 bits per heavy atom. The summed E-state index contributed by atoms with van der Waals surface area (Å²) in [5.41, 5.74) is 1.82. The number of hydrogen-bond donors (Lipinski definition) is 2. The van der Waals surface area contributed by atoms with E-state index in [9.17, 15) is 14.7 Å². The van der Waals surface area contributed by atoms with Gasteiger partial charge in [-0.25, -0.2) is 9.59 Å². The maximum Gasteiger partial charge on any atom is 0.326 e. The molecule has 1 aromatic carbocycles. The first kappa shape index (κ1) is 13.9. The van der Waals surface area contributed by atoms with Crippen molar-refractivity contribution in [2.45, 2.75) is 32.2 Å². The number of hydrogen-bond acceptors (Lipinski definition) is 2. The predicted molar refractivity (Wildman–Crippen MR) is 79.2 cm³/mol. The number of carboxylic acid groups (broad SMARTS) is 1. The lowest BCUT2D eigenvalue weighted by atomic mass is 9.94. The number of aryl methyl sites for hydroxylation is 1. The third-order valence-corrected chi connectivity index (χ3v) is 4.71. The van der Waals surface area contributed by atoms with E-state index in [1.54, 1.807) is 0 Å². The van der Waals surface area contributed by atoms with E-state index in [-0.39, 0.29) is 11.9 Å². The molecular formula is C16H20N2O3.